The van der Waals surface area contributed by atoms with Crippen LogP contribution in [-0.2, 0) is 21.8 Å². The highest BCUT2D eigenvalue weighted by Gasteiger charge is 2.20. The number of carboxylic acids is 1. The predicted octanol–water partition coefficient (Wildman–Crippen LogP) is 3.94. The Bertz CT molecular complexity index is 1170. The molecule has 1 heterocycles. The maximum atomic E-state index is 12.4. The molecule has 0 unspecified atom stereocenters. The standard InChI is InChI=1S/C25H27NO6S/c1-3-7-18-12-23(28)32-24-16(2)21(11-10-19(18)24)31-13-22(27)26-20(25(29)30)15-33-14-17-8-5-4-6-9-17/h4-6,8-12,20H,3,7,13-15H2,1-2H3,(H,26,27)(H,29,30)/t20-/m0/s1. The molecule has 0 bridgehead atoms. The van der Waals surface area contributed by atoms with Crippen molar-refractivity contribution in [1.82, 2.24) is 5.32 Å². The molecular formula is C25H27NO6S. The van der Waals surface area contributed by atoms with Gasteiger partial charge in [-0.3, -0.25) is 4.79 Å². The van der Waals surface area contributed by atoms with Gasteiger partial charge in [-0.25, -0.2) is 9.59 Å². The van der Waals surface area contributed by atoms with Gasteiger partial charge in [0.2, 0.25) is 0 Å². The van der Waals surface area contributed by atoms with Crippen LogP contribution in [0.1, 0.15) is 30.0 Å². The minimum absolute atomic E-state index is 0.232. The van der Waals surface area contributed by atoms with Crippen molar-refractivity contribution in [3.8, 4) is 5.75 Å². The van der Waals surface area contributed by atoms with Crippen LogP contribution in [0.15, 0.2) is 57.7 Å². The van der Waals surface area contributed by atoms with E-state index in [4.69, 9.17) is 9.15 Å². The highest BCUT2D eigenvalue weighted by atomic mass is 32.2. The van der Waals surface area contributed by atoms with E-state index in [0.717, 1.165) is 29.4 Å². The molecule has 174 valence electrons. The Balaban J connectivity index is 1.61. The zero-order valence-corrected chi connectivity index (χ0v) is 19.4. The molecule has 0 radical (unpaired) electrons. The first kappa shape index (κ1) is 24.4. The summed E-state index contributed by atoms with van der Waals surface area (Å²) in [6, 6.07) is 13.7. The monoisotopic (exact) mass is 469 g/mol. The van der Waals surface area contributed by atoms with Crippen LogP contribution in [0.25, 0.3) is 11.0 Å². The number of aryl methyl sites for hydroxylation is 2. The van der Waals surface area contributed by atoms with Crippen LogP contribution in [0, 0.1) is 6.92 Å². The number of hydrogen-bond donors (Lipinski definition) is 2. The Morgan fingerprint density at radius 2 is 1.94 bits per heavy atom. The minimum Gasteiger partial charge on any atom is -0.483 e. The van der Waals surface area contributed by atoms with Crippen molar-refractivity contribution in [2.45, 2.75) is 38.5 Å². The van der Waals surface area contributed by atoms with Gasteiger partial charge in [-0.05, 0) is 36.6 Å². The highest BCUT2D eigenvalue weighted by molar-refractivity contribution is 7.98. The lowest BCUT2D eigenvalue weighted by atomic mass is 10.0. The molecule has 1 aromatic heterocycles. The van der Waals surface area contributed by atoms with Gasteiger partial charge in [-0.1, -0.05) is 43.7 Å². The van der Waals surface area contributed by atoms with Crippen molar-refractivity contribution in [1.29, 1.82) is 0 Å². The van der Waals surface area contributed by atoms with Gasteiger partial charge < -0.3 is 19.6 Å². The second kappa shape index (κ2) is 11.6. The second-order valence-corrected chi connectivity index (χ2v) is 8.68. The van der Waals surface area contributed by atoms with Crippen LogP contribution in [0.3, 0.4) is 0 Å². The molecule has 0 saturated heterocycles. The number of nitrogens with one attached hydrogen (secondary N) is 1. The first-order valence-corrected chi connectivity index (χ1v) is 11.9. The normalized spacial score (nSPS) is 11.8. The third-order valence-electron chi connectivity index (χ3n) is 5.10. The van der Waals surface area contributed by atoms with Crippen molar-refractivity contribution in [2.24, 2.45) is 0 Å². The van der Waals surface area contributed by atoms with Crippen LogP contribution in [-0.4, -0.2) is 35.4 Å². The Labute approximate surface area is 196 Å². The van der Waals surface area contributed by atoms with E-state index in [1.54, 1.807) is 13.0 Å². The molecule has 2 aromatic carbocycles. The number of thioether (sulfide) groups is 1. The van der Waals surface area contributed by atoms with E-state index in [1.807, 2.05) is 43.3 Å². The lowest BCUT2D eigenvalue weighted by molar-refractivity contribution is -0.141. The molecule has 0 aliphatic carbocycles. The number of carboxylic acid groups (broad SMARTS) is 1. The van der Waals surface area contributed by atoms with Crippen molar-refractivity contribution in [3.63, 3.8) is 0 Å². The SMILES string of the molecule is CCCc1cc(=O)oc2c(C)c(OCC(=O)N[C@@H](CSCc3ccccc3)C(=O)O)ccc12. The molecule has 3 aromatic rings. The fourth-order valence-electron chi connectivity index (χ4n) is 3.46. The molecule has 1 atom stereocenters. The molecule has 33 heavy (non-hydrogen) atoms. The van der Waals surface area contributed by atoms with Crippen molar-refractivity contribution in [3.05, 3.63) is 75.6 Å². The number of carbonyl (C=O) groups is 2. The number of fused-ring (bicyclic) bond motifs is 1. The van der Waals surface area contributed by atoms with E-state index in [9.17, 15) is 19.5 Å². The summed E-state index contributed by atoms with van der Waals surface area (Å²) in [7, 11) is 0. The second-order valence-electron chi connectivity index (χ2n) is 7.65. The number of rotatable bonds is 11. The van der Waals surface area contributed by atoms with Crippen LogP contribution in [0.5, 0.6) is 5.75 Å². The Kier molecular flexibility index (Phi) is 8.54. The van der Waals surface area contributed by atoms with Crippen molar-refractivity contribution >= 4 is 34.6 Å². The van der Waals surface area contributed by atoms with Crippen LogP contribution in [0.2, 0.25) is 0 Å². The topological polar surface area (TPSA) is 106 Å². The van der Waals surface area contributed by atoms with Crippen LogP contribution in [0.4, 0.5) is 0 Å². The summed E-state index contributed by atoms with van der Waals surface area (Å²) in [5, 5.41) is 12.8. The minimum atomic E-state index is -1.10. The summed E-state index contributed by atoms with van der Waals surface area (Å²) < 4.78 is 11.0. The molecule has 2 N–H and O–H groups in total. The van der Waals surface area contributed by atoms with Crippen molar-refractivity contribution in [2.75, 3.05) is 12.4 Å². The summed E-state index contributed by atoms with van der Waals surface area (Å²) in [5.74, 6) is -0.353. The number of aliphatic carboxylic acids is 1. The van der Waals surface area contributed by atoms with Gasteiger partial charge in [0.15, 0.2) is 6.61 Å². The third kappa shape index (κ3) is 6.61. The van der Waals surface area contributed by atoms with Gasteiger partial charge in [0, 0.05) is 28.5 Å². The summed E-state index contributed by atoms with van der Waals surface area (Å²) in [5.41, 5.74) is 2.62. The largest absolute Gasteiger partial charge is 0.483 e. The molecule has 0 spiro atoms. The average Bonchev–Trinajstić information content (AvgIpc) is 2.79. The number of ether oxygens (including phenoxy) is 1. The Morgan fingerprint density at radius 3 is 2.64 bits per heavy atom. The average molecular weight is 470 g/mol. The van der Waals surface area contributed by atoms with Crippen LogP contribution < -0.4 is 15.7 Å². The molecule has 7 nitrogen and oxygen atoms in total. The molecule has 0 saturated carbocycles. The molecule has 1 amide bonds. The lowest BCUT2D eigenvalue weighted by Crippen LogP contribution is -2.44. The van der Waals surface area contributed by atoms with Gasteiger partial charge >= 0.3 is 11.6 Å². The van der Waals surface area contributed by atoms with Gasteiger partial charge in [-0.15, -0.1) is 0 Å². The van der Waals surface area contributed by atoms with Gasteiger partial charge in [0.05, 0.1) is 0 Å². The number of amides is 1. The molecule has 3 rings (SSSR count). The van der Waals surface area contributed by atoms with Gasteiger partial charge in [0.1, 0.15) is 17.4 Å². The fourth-order valence-corrected chi connectivity index (χ4v) is 4.47. The molecule has 8 heteroatoms. The lowest BCUT2D eigenvalue weighted by Gasteiger charge is -2.16. The number of hydrogen-bond acceptors (Lipinski definition) is 6. The van der Waals surface area contributed by atoms with E-state index in [0.29, 0.717) is 22.6 Å². The van der Waals surface area contributed by atoms with E-state index in [1.165, 1.54) is 17.8 Å². The Hall–Kier alpha value is -3.26. The summed E-state index contributed by atoms with van der Waals surface area (Å²) in [4.78, 5) is 35.9. The smallest absolute Gasteiger partial charge is 0.336 e. The number of benzene rings is 2. The van der Waals surface area contributed by atoms with E-state index in [-0.39, 0.29) is 12.4 Å². The van der Waals surface area contributed by atoms with Crippen molar-refractivity contribution < 1.29 is 23.8 Å². The summed E-state index contributed by atoms with van der Waals surface area (Å²) in [6.07, 6.45) is 1.65. The Morgan fingerprint density at radius 1 is 1.18 bits per heavy atom. The number of carbonyl (C=O) groups excluding carboxylic acids is 1. The molecule has 0 fully saturated rings. The van der Waals surface area contributed by atoms with Gasteiger partial charge in [-0.2, -0.15) is 11.8 Å². The molecule has 0 aliphatic rings. The first-order chi connectivity index (χ1) is 15.9. The maximum absolute atomic E-state index is 12.4. The summed E-state index contributed by atoms with van der Waals surface area (Å²) in [6.45, 7) is 3.45. The zero-order chi connectivity index (χ0) is 23.8. The van der Waals surface area contributed by atoms with Crippen LogP contribution >= 0.6 is 11.8 Å². The molecule has 0 aliphatic heterocycles. The van der Waals surface area contributed by atoms with Gasteiger partial charge in [0.25, 0.3) is 5.91 Å². The quantitative estimate of drug-likeness (QED) is 0.410. The summed E-state index contributed by atoms with van der Waals surface area (Å²) >= 11 is 1.43. The van der Waals surface area contributed by atoms with E-state index < -0.39 is 23.5 Å². The maximum Gasteiger partial charge on any atom is 0.336 e. The zero-order valence-electron chi connectivity index (χ0n) is 18.6. The predicted molar refractivity (Wildman–Crippen MR) is 129 cm³/mol. The third-order valence-corrected chi connectivity index (χ3v) is 6.21. The van der Waals surface area contributed by atoms with E-state index >= 15 is 0 Å². The van der Waals surface area contributed by atoms with E-state index in [2.05, 4.69) is 5.32 Å². The highest BCUT2D eigenvalue weighted by Crippen LogP contribution is 2.29. The molecular weight excluding hydrogens is 442 g/mol. The fraction of sp³-hybridized carbons (Fsp3) is 0.320. The first-order valence-electron chi connectivity index (χ1n) is 10.7.